The van der Waals surface area contributed by atoms with Gasteiger partial charge >= 0.3 is 5.97 Å². The number of aliphatic hydroxyl groups excluding tert-OH is 1. The monoisotopic (exact) mass is 248 g/mol. The number of hydrogen-bond acceptors (Lipinski definition) is 5. The summed E-state index contributed by atoms with van der Waals surface area (Å²) in [6.07, 6.45) is 1.62. The number of epoxide rings is 2. The summed E-state index contributed by atoms with van der Waals surface area (Å²) in [7, 11) is 0. The predicted octanol–water partition coefficient (Wildman–Crippen LogP) is 0.0562. The highest BCUT2D eigenvalue weighted by atomic mass is 16.6. The predicted molar refractivity (Wildman–Crippen MR) is 60.9 cm³/mol. The van der Waals surface area contributed by atoms with Gasteiger partial charge in [0.2, 0.25) is 0 Å². The molecule has 0 aliphatic carbocycles. The van der Waals surface area contributed by atoms with Crippen LogP contribution in [0.4, 0.5) is 0 Å². The number of carboxylic acid groups (broad SMARTS) is 1. The minimum absolute atomic E-state index is 0.250. The molecule has 17 heavy (non-hydrogen) atoms. The van der Waals surface area contributed by atoms with Gasteiger partial charge in [-0.05, 0) is 6.92 Å². The maximum absolute atomic E-state index is 9.25. The van der Waals surface area contributed by atoms with Crippen molar-refractivity contribution in [1.29, 1.82) is 0 Å². The molecule has 2 N–H and O–H groups in total. The summed E-state index contributed by atoms with van der Waals surface area (Å²) >= 11 is 0. The summed E-state index contributed by atoms with van der Waals surface area (Å²) in [5.41, 5.74) is 0. The lowest BCUT2D eigenvalue weighted by atomic mass is 10.5. The molecule has 2 saturated heterocycles. The third-order valence-corrected chi connectivity index (χ3v) is 1.59. The Morgan fingerprint density at radius 1 is 1.41 bits per heavy atom. The van der Waals surface area contributed by atoms with Gasteiger partial charge in [-0.1, -0.05) is 6.58 Å². The van der Waals surface area contributed by atoms with E-state index in [4.69, 9.17) is 24.4 Å². The van der Waals surface area contributed by atoms with E-state index in [1.807, 2.05) is 0 Å². The van der Waals surface area contributed by atoms with Gasteiger partial charge in [0.05, 0.1) is 26.4 Å². The molecule has 2 rings (SSSR count). The molecule has 0 spiro atoms. The second-order valence-electron chi connectivity index (χ2n) is 3.31. The zero-order chi connectivity index (χ0) is 13.1. The van der Waals surface area contributed by atoms with Crippen LogP contribution in [0, 0.1) is 0 Å². The Morgan fingerprint density at radius 3 is 1.88 bits per heavy atom. The molecule has 6 nitrogen and oxygen atoms in total. The van der Waals surface area contributed by atoms with Crippen molar-refractivity contribution in [1.82, 2.24) is 0 Å². The van der Waals surface area contributed by atoms with Crippen LogP contribution in [-0.2, 0) is 19.0 Å². The van der Waals surface area contributed by atoms with E-state index in [2.05, 4.69) is 6.58 Å². The molecule has 2 unspecified atom stereocenters. The maximum atomic E-state index is 9.25. The highest BCUT2D eigenvalue weighted by Crippen LogP contribution is 2.12. The molecule has 0 aromatic heterocycles. The molecule has 100 valence electrons. The van der Waals surface area contributed by atoms with Crippen molar-refractivity contribution in [3.8, 4) is 0 Å². The van der Waals surface area contributed by atoms with Crippen LogP contribution in [0.1, 0.15) is 6.92 Å². The molecule has 0 amide bonds. The van der Waals surface area contributed by atoms with Gasteiger partial charge in [0.1, 0.15) is 12.2 Å². The Balaban J connectivity index is 0.000000276. The molecule has 2 aliphatic heterocycles. The van der Waals surface area contributed by atoms with Gasteiger partial charge in [0, 0.05) is 12.7 Å². The highest BCUT2D eigenvalue weighted by molar-refractivity contribution is 5.78. The Morgan fingerprint density at radius 2 is 1.71 bits per heavy atom. The molecule has 2 heterocycles. The summed E-state index contributed by atoms with van der Waals surface area (Å²) in [4.78, 5) is 9.25. The fourth-order valence-electron chi connectivity index (χ4n) is 0.659. The van der Waals surface area contributed by atoms with Crippen molar-refractivity contribution >= 4 is 5.97 Å². The molecule has 2 fully saturated rings. The average molecular weight is 248 g/mol. The van der Waals surface area contributed by atoms with Crippen LogP contribution >= 0.6 is 0 Å². The SMILES string of the molecule is C(OCC1CO1)C1CO1.C=CC(=O)O.CCO. The van der Waals surface area contributed by atoms with Crippen LogP contribution in [0.2, 0.25) is 0 Å². The number of carboxylic acids is 1. The average Bonchev–Trinajstić information content (AvgIpc) is 3.14. The first-order chi connectivity index (χ1) is 8.13. The summed E-state index contributed by atoms with van der Waals surface area (Å²) in [5, 5.41) is 15.2. The zero-order valence-corrected chi connectivity index (χ0v) is 10.0. The topological polar surface area (TPSA) is 91.8 Å². The second kappa shape index (κ2) is 10.2. The van der Waals surface area contributed by atoms with E-state index in [0.717, 1.165) is 32.5 Å². The molecule has 0 radical (unpaired) electrons. The van der Waals surface area contributed by atoms with E-state index in [1.54, 1.807) is 6.92 Å². The van der Waals surface area contributed by atoms with Gasteiger partial charge in [-0.25, -0.2) is 4.79 Å². The van der Waals surface area contributed by atoms with Gasteiger partial charge in [0.25, 0.3) is 0 Å². The first-order valence-electron chi connectivity index (χ1n) is 5.41. The van der Waals surface area contributed by atoms with Crippen molar-refractivity contribution in [3.05, 3.63) is 12.7 Å². The molecule has 0 saturated carbocycles. The van der Waals surface area contributed by atoms with Crippen LogP contribution < -0.4 is 0 Å². The second-order valence-corrected chi connectivity index (χ2v) is 3.31. The fourth-order valence-corrected chi connectivity index (χ4v) is 0.659. The van der Waals surface area contributed by atoms with Crippen molar-refractivity contribution in [3.63, 3.8) is 0 Å². The van der Waals surface area contributed by atoms with Gasteiger partial charge in [0.15, 0.2) is 0 Å². The number of carbonyl (C=O) groups is 1. The minimum atomic E-state index is -0.981. The molecule has 2 atom stereocenters. The van der Waals surface area contributed by atoms with Gasteiger partial charge < -0.3 is 24.4 Å². The van der Waals surface area contributed by atoms with Crippen molar-refractivity contribution in [2.75, 3.05) is 33.0 Å². The zero-order valence-electron chi connectivity index (χ0n) is 10.0. The molecular weight excluding hydrogens is 228 g/mol. The molecule has 0 bridgehead atoms. The fraction of sp³-hybridized carbons (Fsp3) is 0.727. The van der Waals surface area contributed by atoms with Gasteiger partial charge in [-0.3, -0.25) is 0 Å². The van der Waals surface area contributed by atoms with Crippen molar-refractivity contribution in [2.24, 2.45) is 0 Å². The first kappa shape index (κ1) is 16.1. The third-order valence-electron chi connectivity index (χ3n) is 1.59. The van der Waals surface area contributed by atoms with Gasteiger partial charge in [-0.2, -0.15) is 0 Å². The minimum Gasteiger partial charge on any atom is -0.478 e. The third kappa shape index (κ3) is 15.1. The standard InChI is InChI=1S/C6H10O3.C3H4O2.C2H6O/c1(5-3-8-5)7-2-6-4-9-6;1-2-3(4)5;1-2-3/h5-6H,1-4H2;2H,1H2,(H,4,5);3H,2H2,1H3. The van der Waals surface area contributed by atoms with Crippen molar-refractivity contribution < 1.29 is 29.2 Å². The Kier molecular flexibility index (Phi) is 9.65. The van der Waals surface area contributed by atoms with E-state index in [1.165, 1.54) is 0 Å². The van der Waals surface area contributed by atoms with Crippen LogP contribution in [0.25, 0.3) is 0 Å². The van der Waals surface area contributed by atoms with E-state index >= 15 is 0 Å². The highest BCUT2D eigenvalue weighted by Gasteiger charge is 2.26. The largest absolute Gasteiger partial charge is 0.478 e. The van der Waals surface area contributed by atoms with E-state index < -0.39 is 5.97 Å². The normalized spacial score (nSPS) is 23.4. The maximum Gasteiger partial charge on any atom is 0.327 e. The van der Waals surface area contributed by atoms with Crippen LogP contribution in [0.15, 0.2) is 12.7 Å². The summed E-state index contributed by atoms with van der Waals surface area (Å²) in [6.45, 7) is 8.15. The van der Waals surface area contributed by atoms with Crippen molar-refractivity contribution in [2.45, 2.75) is 19.1 Å². The van der Waals surface area contributed by atoms with E-state index in [9.17, 15) is 4.79 Å². The van der Waals surface area contributed by atoms with Crippen LogP contribution in [-0.4, -0.2) is 61.4 Å². The molecular formula is C11H20O6. The molecule has 0 aromatic carbocycles. The number of hydrogen-bond donors (Lipinski definition) is 2. The molecule has 0 aromatic rings. The Hall–Kier alpha value is -0.950. The molecule has 2 aliphatic rings. The lowest BCUT2D eigenvalue weighted by molar-refractivity contribution is -0.131. The molecule has 6 heteroatoms. The summed E-state index contributed by atoms with van der Waals surface area (Å²) in [6, 6.07) is 0. The summed E-state index contributed by atoms with van der Waals surface area (Å²) in [5.74, 6) is -0.981. The van der Waals surface area contributed by atoms with E-state index in [-0.39, 0.29) is 6.61 Å². The smallest absolute Gasteiger partial charge is 0.327 e. The van der Waals surface area contributed by atoms with Crippen LogP contribution in [0.5, 0.6) is 0 Å². The van der Waals surface area contributed by atoms with Crippen LogP contribution in [0.3, 0.4) is 0 Å². The first-order valence-corrected chi connectivity index (χ1v) is 5.41. The number of rotatable bonds is 5. The lowest BCUT2D eigenvalue weighted by Crippen LogP contribution is -2.06. The quantitative estimate of drug-likeness (QED) is 0.528. The Bertz CT molecular complexity index is 198. The Labute approximate surface area is 101 Å². The summed E-state index contributed by atoms with van der Waals surface area (Å²) < 4.78 is 15.1. The van der Waals surface area contributed by atoms with Gasteiger partial charge in [-0.15, -0.1) is 0 Å². The lowest BCUT2D eigenvalue weighted by Gasteiger charge is -1.95. The van der Waals surface area contributed by atoms with E-state index in [0.29, 0.717) is 12.2 Å². The number of ether oxygens (including phenoxy) is 3. The number of aliphatic carboxylic acids is 1. The number of aliphatic hydroxyl groups is 1.